The number of amides is 2. The monoisotopic (exact) mass is 382 g/mol. The summed E-state index contributed by atoms with van der Waals surface area (Å²) in [5.41, 5.74) is 1.98. The summed E-state index contributed by atoms with van der Waals surface area (Å²) >= 11 is 6.25. The van der Waals surface area contributed by atoms with Crippen molar-refractivity contribution in [2.24, 2.45) is 5.10 Å². The normalized spacial score (nSPS) is 15.2. The van der Waals surface area contributed by atoms with E-state index >= 15 is 0 Å². The van der Waals surface area contributed by atoms with Crippen molar-refractivity contribution >= 4 is 35.2 Å². The number of imide groups is 1. The fourth-order valence-electron chi connectivity index (χ4n) is 2.63. The fraction of sp³-hybridized carbons (Fsp3) is 0.190. The van der Waals surface area contributed by atoms with E-state index in [4.69, 9.17) is 16.3 Å². The molecule has 0 spiro atoms. The van der Waals surface area contributed by atoms with Gasteiger partial charge in [0.05, 0.1) is 22.9 Å². The third-order valence-electron chi connectivity index (χ3n) is 4.00. The molecule has 0 unspecified atom stereocenters. The minimum atomic E-state index is -0.455. The lowest BCUT2D eigenvalue weighted by Gasteiger charge is -2.10. The Kier molecular flexibility index (Phi) is 5.72. The van der Waals surface area contributed by atoms with Crippen LogP contribution in [0.1, 0.15) is 36.2 Å². The number of carbonyl (C=O) groups excluding carboxylic acids is 2. The van der Waals surface area contributed by atoms with E-state index in [1.54, 1.807) is 55.5 Å². The Morgan fingerprint density at radius 1 is 1.22 bits per heavy atom. The lowest BCUT2D eigenvalue weighted by molar-refractivity contribution is -0.123. The second-order valence-corrected chi connectivity index (χ2v) is 6.48. The van der Waals surface area contributed by atoms with Crippen LogP contribution in [0.15, 0.2) is 59.2 Å². The Balaban J connectivity index is 1.84. The molecule has 27 heavy (non-hydrogen) atoms. The number of rotatable bonds is 5. The van der Waals surface area contributed by atoms with E-state index in [-0.39, 0.29) is 0 Å². The third kappa shape index (κ3) is 4.09. The van der Waals surface area contributed by atoms with Gasteiger partial charge in [-0.2, -0.15) is 10.1 Å². The minimum absolute atomic E-state index is 0.359. The lowest BCUT2D eigenvalue weighted by Crippen LogP contribution is -2.29. The average Bonchev–Trinajstić information content (AvgIpc) is 2.95. The van der Waals surface area contributed by atoms with Gasteiger partial charge in [0.2, 0.25) is 0 Å². The highest BCUT2D eigenvalue weighted by Crippen LogP contribution is 2.28. The predicted molar refractivity (Wildman–Crippen MR) is 106 cm³/mol. The molecule has 0 aliphatic carbocycles. The average molecular weight is 383 g/mol. The molecule has 2 aromatic carbocycles. The van der Waals surface area contributed by atoms with Gasteiger partial charge in [-0.05, 0) is 49.2 Å². The molecule has 138 valence electrons. The number of halogens is 1. The van der Waals surface area contributed by atoms with Gasteiger partial charge in [-0.3, -0.25) is 9.59 Å². The van der Waals surface area contributed by atoms with Gasteiger partial charge >= 0.3 is 0 Å². The number of hydrogen-bond donors (Lipinski definition) is 0. The molecule has 6 heteroatoms. The molecule has 1 aliphatic rings. The molecule has 0 N–H and O–H groups in total. The zero-order valence-corrected chi connectivity index (χ0v) is 15.9. The zero-order valence-electron chi connectivity index (χ0n) is 15.1. The molecule has 5 nitrogen and oxygen atoms in total. The lowest BCUT2D eigenvalue weighted by atomic mass is 10.1. The van der Waals surface area contributed by atoms with Gasteiger partial charge in [0.1, 0.15) is 5.75 Å². The molecular weight excluding hydrogens is 364 g/mol. The van der Waals surface area contributed by atoms with Gasteiger partial charge in [0, 0.05) is 5.56 Å². The Bertz CT molecular complexity index is 936. The van der Waals surface area contributed by atoms with Crippen LogP contribution in [0, 0.1) is 0 Å². The van der Waals surface area contributed by atoms with E-state index < -0.39 is 11.8 Å². The van der Waals surface area contributed by atoms with Crippen molar-refractivity contribution in [3.8, 4) is 5.75 Å². The Morgan fingerprint density at radius 2 is 1.96 bits per heavy atom. The summed E-state index contributed by atoms with van der Waals surface area (Å²) in [5, 5.41) is 5.50. The Hall–Kier alpha value is -2.92. The Morgan fingerprint density at radius 3 is 2.63 bits per heavy atom. The highest BCUT2D eigenvalue weighted by atomic mass is 35.5. The molecular formula is C21H19ClN2O3. The second kappa shape index (κ2) is 8.18. The highest BCUT2D eigenvalue weighted by molar-refractivity contribution is 6.33. The van der Waals surface area contributed by atoms with E-state index in [1.807, 2.05) is 13.0 Å². The molecule has 2 amide bonds. The van der Waals surface area contributed by atoms with Gasteiger partial charge in [-0.25, -0.2) is 0 Å². The van der Waals surface area contributed by atoms with Crippen LogP contribution in [0.3, 0.4) is 0 Å². The van der Waals surface area contributed by atoms with Crippen molar-refractivity contribution in [2.45, 2.75) is 20.3 Å². The number of hydrogen-bond acceptors (Lipinski definition) is 4. The summed E-state index contributed by atoms with van der Waals surface area (Å²) in [7, 11) is 0. The van der Waals surface area contributed by atoms with E-state index in [9.17, 15) is 9.59 Å². The molecule has 0 aromatic heterocycles. The second-order valence-electron chi connectivity index (χ2n) is 6.07. The predicted octanol–water partition coefficient (Wildman–Crippen LogP) is 4.57. The number of nitrogens with zero attached hydrogens (tertiary/aromatic N) is 2. The molecule has 3 rings (SSSR count). The van der Waals surface area contributed by atoms with Crippen LogP contribution < -0.4 is 4.74 Å². The van der Waals surface area contributed by atoms with Crippen molar-refractivity contribution < 1.29 is 14.3 Å². The van der Waals surface area contributed by atoms with Gasteiger partial charge in [-0.1, -0.05) is 42.8 Å². The van der Waals surface area contributed by atoms with Crippen LogP contribution in [0.5, 0.6) is 5.75 Å². The quantitative estimate of drug-likeness (QED) is 0.562. The number of benzene rings is 2. The van der Waals surface area contributed by atoms with E-state index in [0.29, 0.717) is 34.2 Å². The summed E-state index contributed by atoms with van der Waals surface area (Å²) in [4.78, 5) is 25.2. The molecule has 0 fully saturated rings. The van der Waals surface area contributed by atoms with Gasteiger partial charge < -0.3 is 4.74 Å². The maximum atomic E-state index is 12.7. The van der Waals surface area contributed by atoms with Gasteiger partial charge in [0.25, 0.3) is 11.8 Å². The van der Waals surface area contributed by atoms with Crippen LogP contribution in [-0.2, 0) is 4.79 Å². The molecule has 0 radical (unpaired) electrons. The molecule has 1 heterocycles. The van der Waals surface area contributed by atoms with E-state index in [2.05, 4.69) is 5.10 Å². The molecule has 0 atom stereocenters. The molecule has 1 aliphatic heterocycles. The molecule has 0 saturated heterocycles. The van der Waals surface area contributed by atoms with Gasteiger partial charge in [0.15, 0.2) is 0 Å². The first-order valence-electron chi connectivity index (χ1n) is 8.64. The van der Waals surface area contributed by atoms with Crippen molar-refractivity contribution in [2.75, 3.05) is 6.61 Å². The summed E-state index contributed by atoms with van der Waals surface area (Å²) in [6.45, 7) is 4.30. The minimum Gasteiger partial charge on any atom is -0.492 e. The molecule has 0 saturated carbocycles. The van der Waals surface area contributed by atoms with Gasteiger partial charge in [-0.15, -0.1) is 0 Å². The fourth-order valence-corrected chi connectivity index (χ4v) is 2.87. The molecule has 2 aromatic rings. The van der Waals surface area contributed by atoms with Crippen molar-refractivity contribution in [1.82, 2.24) is 5.01 Å². The first-order chi connectivity index (χ1) is 13.0. The highest BCUT2D eigenvalue weighted by Gasteiger charge is 2.32. The third-order valence-corrected chi connectivity index (χ3v) is 4.30. The molecule has 0 bridgehead atoms. The number of carbonyl (C=O) groups is 2. The number of ether oxygens (including phenoxy) is 1. The summed E-state index contributed by atoms with van der Waals surface area (Å²) < 4.78 is 5.55. The summed E-state index contributed by atoms with van der Waals surface area (Å²) in [5.74, 6) is -0.307. The first-order valence-corrected chi connectivity index (χ1v) is 9.02. The van der Waals surface area contributed by atoms with Crippen molar-refractivity contribution in [3.05, 3.63) is 70.3 Å². The first kappa shape index (κ1) is 18.9. The zero-order chi connectivity index (χ0) is 19.4. The Labute approximate surface area is 162 Å². The van der Waals surface area contributed by atoms with E-state index in [0.717, 1.165) is 17.0 Å². The van der Waals surface area contributed by atoms with Crippen LogP contribution in [0.4, 0.5) is 0 Å². The van der Waals surface area contributed by atoms with E-state index in [1.165, 1.54) is 0 Å². The maximum absolute atomic E-state index is 12.7. The van der Waals surface area contributed by atoms with Crippen LogP contribution in [0.25, 0.3) is 6.08 Å². The standard InChI is InChI=1S/C21H19ClN2O3/c1-3-11-27-19-10-9-15(13-18(19)22)12-17-14(2)23-24(21(17)26)20(25)16-7-5-4-6-8-16/h4-10,12-13H,3,11H2,1-2H3/b17-12+. The maximum Gasteiger partial charge on any atom is 0.283 e. The smallest absolute Gasteiger partial charge is 0.283 e. The van der Waals surface area contributed by atoms with Crippen LogP contribution in [0.2, 0.25) is 5.02 Å². The van der Waals surface area contributed by atoms with Crippen molar-refractivity contribution in [1.29, 1.82) is 0 Å². The number of hydrazone groups is 1. The largest absolute Gasteiger partial charge is 0.492 e. The van der Waals surface area contributed by atoms with Crippen molar-refractivity contribution in [3.63, 3.8) is 0 Å². The SMILES string of the molecule is CCCOc1ccc(/C=C2/C(=O)N(C(=O)c3ccccc3)N=C2C)cc1Cl. The summed E-state index contributed by atoms with van der Waals surface area (Å²) in [6, 6.07) is 13.9. The van der Waals surface area contributed by atoms with Crippen LogP contribution >= 0.6 is 11.6 Å². The summed E-state index contributed by atoms with van der Waals surface area (Å²) in [6.07, 6.45) is 2.56. The topological polar surface area (TPSA) is 59.0 Å². The van der Waals surface area contributed by atoms with Crippen LogP contribution in [-0.4, -0.2) is 29.1 Å².